The molecule has 78 valence electrons. The second-order valence-electron chi connectivity index (χ2n) is 4.90. The molecule has 1 aliphatic carbocycles. The van der Waals surface area contributed by atoms with Crippen LogP contribution in [-0.4, -0.2) is 30.1 Å². The van der Waals surface area contributed by atoms with Crippen LogP contribution < -0.4 is 5.73 Å². The zero-order valence-corrected chi connectivity index (χ0v) is 9.34. The topological polar surface area (TPSA) is 29.3 Å². The lowest BCUT2D eigenvalue weighted by Crippen LogP contribution is -2.47. The van der Waals surface area contributed by atoms with E-state index in [1.807, 2.05) is 0 Å². The van der Waals surface area contributed by atoms with Crippen LogP contribution in [-0.2, 0) is 0 Å². The lowest BCUT2D eigenvalue weighted by Gasteiger charge is -2.39. The minimum Gasteiger partial charge on any atom is -0.330 e. The third kappa shape index (κ3) is 2.68. The Bertz CT molecular complexity index is 148. The minimum absolute atomic E-state index is 0.282. The highest BCUT2D eigenvalue weighted by molar-refractivity contribution is 4.86. The van der Waals surface area contributed by atoms with Gasteiger partial charge in [-0.2, -0.15) is 0 Å². The molecule has 0 atom stereocenters. The Morgan fingerprint density at radius 3 is 2.31 bits per heavy atom. The Kier molecular flexibility index (Phi) is 3.74. The summed E-state index contributed by atoms with van der Waals surface area (Å²) in [7, 11) is 2.26. The first-order valence-corrected chi connectivity index (χ1v) is 5.51. The van der Waals surface area contributed by atoms with Crippen molar-refractivity contribution in [3.8, 4) is 0 Å². The molecule has 0 radical (unpaired) electrons. The van der Waals surface area contributed by atoms with Crippen LogP contribution in [0.3, 0.4) is 0 Å². The van der Waals surface area contributed by atoms with Crippen LogP contribution >= 0.6 is 0 Å². The third-order valence-electron chi connectivity index (χ3n) is 3.58. The highest BCUT2D eigenvalue weighted by atomic mass is 15.2. The van der Waals surface area contributed by atoms with E-state index >= 15 is 0 Å². The van der Waals surface area contributed by atoms with Gasteiger partial charge in [-0.3, -0.25) is 4.90 Å². The highest BCUT2D eigenvalue weighted by Gasteiger charge is 2.30. The normalized spacial score (nSPS) is 20.1. The molecule has 0 bridgehead atoms. The zero-order chi connectivity index (χ0) is 9.90. The van der Waals surface area contributed by atoms with Crippen molar-refractivity contribution in [1.82, 2.24) is 4.90 Å². The van der Waals surface area contributed by atoms with Gasteiger partial charge >= 0.3 is 0 Å². The molecular formula is C11H24N2. The number of hydrogen-bond acceptors (Lipinski definition) is 2. The number of nitrogens with zero attached hydrogens (tertiary/aromatic N) is 1. The summed E-state index contributed by atoms with van der Waals surface area (Å²) in [5, 5.41) is 0. The van der Waals surface area contributed by atoms with Gasteiger partial charge in [0.1, 0.15) is 0 Å². The summed E-state index contributed by atoms with van der Waals surface area (Å²) in [5.74, 6) is 0. The van der Waals surface area contributed by atoms with E-state index in [2.05, 4.69) is 25.8 Å². The molecule has 1 saturated carbocycles. The molecular weight excluding hydrogens is 160 g/mol. The first-order valence-electron chi connectivity index (χ1n) is 5.51. The Balaban J connectivity index is 2.48. The molecule has 1 rings (SSSR count). The van der Waals surface area contributed by atoms with Crippen LogP contribution in [0.2, 0.25) is 0 Å². The SMILES string of the molecule is CN(C1CCCC1)C(C)(C)CCN. The smallest absolute Gasteiger partial charge is 0.0165 e. The maximum atomic E-state index is 5.62. The van der Waals surface area contributed by atoms with Crippen molar-refractivity contribution in [2.24, 2.45) is 5.73 Å². The molecule has 0 heterocycles. The predicted octanol–water partition coefficient (Wildman–Crippen LogP) is 1.99. The molecule has 2 heteroatoms. The molecule has 0 aromatic carbocycles. The molecule has 1 fully saturated rings. The van der Waals surface area contributed by atoms with E-state index < -0.39 is 0 Å². The van der Waals surface area contributed by atoms with Crippen LogP contribution in [0, 0.1) is 0 Å². The lowest BCUT2D eigenvalue weighted by atomic mass is 9.96. The molecule has 0 aromatic rings. The molecule has 0 amide bonds. The zero-order valence-electron chi connectivity index (χ0n) is 9.34. The van der Waals surface area contributed by atoms with Gasteiger partial charge in [-0.15, -0.1) is 0 Å². The van der Waals surface area contributed by atoms with Crippen LogP contribution in [0.15, 0.2) is 0 Å². The number of rotatable bonds is 4. The molecule has 0 saturated heterocycles. The molecule has 1 aliphatic rings. The van der Waals surface area contributed by atoms with Crippen LogP contribution in [0.5, 0.6) is 0 Å². The molecule has 2 nitrogen and oxygen atoms in total. The maximum Gasteiger partial charge on any atom is 0.0165 e. The van der Waals surface area contributed by atoms with Gasteiger partial charge in [0.05, 0.1) is 0 Å². The van der Waals surface area contributed by atoms with E-state index in [-0.39, 0.29) is 5.54 Å². The van der Waals surface area contributed by atoms with Crippen LogP contribution in [0.25, 0.3) is 0 Å². The first kappa shape index (κ1) is 11.0. The van der Waals surface area contributed by atoms with Gasteiger partial charge in [-0.05, 0) is 46.7 Å². The fourth-order valence-electron chi connectivity index (χ4n) is 2.32. The van der Waals surface area contributed by atoms with E-state index in [1.165, 1.54) is 25.7 Å². The monoisotopic (exact) mass is 184 g/mol. The second kappa shape index (κ2) is 4.43. The molecule has 0 unspecified atom stereocenters. The summed E-state index contributed by atoms with van der Waals surface area (Å²) in [4.78, 5) is 2.53. The van der Waals surface area contributed by atoms with Gasteiger partial charge in [-0.25, -0.2) is 0 Å². The summed E-state index contributed by atoms with van der Waals surface area (Å²) < 4.78 is 0. The average molecular weight is 184 g/mol. The molecule has 0 spiro atoms. The van der Waals surface area contributed by atoms with Crippen LogP contribution in [0.4, 0.5) is 0 Å². The van der Waals surface area contributed by atoms with Crippen molar-refractivity contribution in [1.29, 1.82) is 0 Å². The van der Waals surface area contributed by atoms with E-state index in [0.717, 1.165) is 19.0 Å². The second-order valence-corrected chi connectivity index (χ2v) is 4.90. The van der Waals surface area contributed by atoms with Gasteiger partial charge in [-0.1, -0.05) is 12.8 Å². The summed E-state index contributed by atoms with van der Waals surface area (Å²) in [6, 6.07) is 0.807. The maximum absolute atomic E-state index is 5.62. The predicted molar refractivity (Wildman–Crippen MR) is 57.8 cm³/mol. The Morgan fingerprint density at radius 1 is 1.31 bits per heavy atom. The summed E-state index contributed by atoms with van der Waals surface area (Å²) in [6.07, 6.45) is 6.68. The van der Waals surface area contributed by atoms with E-state index in [1.54, 1.807) is 0 Å². The van der Waals surface area contributed by atoms with E-state index in [9.17, 15) is 0 Å². The fourth-order valence-corrected chi connectivity index (χ4v) is 2.32. The first-order chi connectivity index (χ1) is 6.08. The van der Waals surface area contributed by atoms with Crippen molar-refractivity contribution in [3.63, 3.8) is 0 Å². The summed E-state index contributed by atoms with van der Waals surface area (Å²) in [5.41, 5.74) is 5.91. The molecule has 0 aromatic heterocycles. The van der Waals surface area contributed by atoms with Crippen molar-refractivity contribution < 1.29 is 0 Å². The fraction of sp³-hybridized carbons (Fsp3) is 1.00. The Hall–Kier alpha value is -0.0800. The number of hydrogen-bond donors (Lipinski definition) is 1. The minimum atomic E-state index is 0.282. The largest absolute Gasteiger partial charge is 0.330 e. The summed E-state index contributed by atoms with van der Waals surface area (Å²) >= 11 is 0. The van der Waals surface area contributed by atoms with Crippen molar-refractivity contribution in [2.45, 2.75) is 57.5 Å². The van der Waals surface area contributed by atoms with E-state index in [4.69, 9.17) is 5.73 Å². The molecule has 2 N–H and O–H groups in total. The van der Waals surface area contributed by atoms with Gasteiger partial charge in [0.2, 0.25) is 0 Å². The van der Waals surface area contributed by atoms with E-state index in [0.29, 0.717) is 0 Å². The standard InChI is InChI=1S/C11H24N2/c1-11(2,8-9-12)13(3)10-6-4-5-7-10/h10H,4-9,12H2,1-3H3. The van der Waals surface area contributed by atoms with Crippen LogP contribution in [0.1, 0.15) is 46.0 Å². The number of nitrogens with two attached hydrogens (primary N) is 1. The van der Waals surface area contributed by atoms with Gasteiger partial charge in [0, 0.05) is 11.6 Å². The Morgan fingerprint density at radius 2 is 1.85 bits per heavy atom. The average Bonchev–Trinajstić information content (AvgIpc) is 2.54. The quantitative estimate of drug-likeness (QED) is 0.724. The Labute approximate surface area is 82.5 Å². The molecule has 13 heavy (non-hydrogen) atoms. The molecule has 0 aliphatic heterocycles. The van der Waals surface area contributed by atoms with Gasteiger partial charge in [0.15, 0.2) is 0 Å². The van der Waals surface area contributed by atoms with Crippen molar-refractivity contribution in [2.75, 3.05) is 13.6 Å². The lowest BCUT2D eigenvalue weighted by molar-refractivity contribution is 0.0975. The van der Waals surface area contributed by atoms with Crippen molar-refractivity contribution in [3.05, 3.63) is 0 Å². The van der Waals surface area contributed by atoms with Gasteiger partial charge < -0.3 is 5.73 Å². The summed E-state index contributed by atoms with van der Waals surface area (Å²) in [6.45, 7) is 5.40. The highest BCUT2D eigenvalue weighted by Crippen LogP contribution is 2.28. The third-order valence-corrected chi connectivity index (χ3v) is 3.58. The van der Waals surface area contributed by atoms with Crippen molar-refractivity contribution >= 4 is 0 Å². The van der Waals surface area contributed by atoms with Gasteiger partial charge in [0.25, 0.3) is 0 Å².